The van der Waals surface area contributed by atoms with Crippen molar-refractivity contribution in [1.82, 2.24) is 4.98 Å². The van der Waals surface area contributed by atoms with Gasteiger partial charge >= 0.3 is 5.97 Å². The average Bonchev–Trinajstić information content (AvgIpc) is 2.83. The number of nitriles is 1. The number of esters is 1. The maximum atomic E-state index is 12.7. The largest absolute Gasteiger partial charge is 0.497 e. The predicted molar refractivity (Wildman–Crippen MR) is 121 cm³/mol. The molecule has 9 nitrogen and oxygen atoms in total. The molecule has 0 unspecified atom stereocenters. The summed E-state index contributed by atoms with van der Waals surface area (Å²) in [4.78, 5) is 19.0. The Bertz CT molecular complexity index is 987. The first kappa shape index (κ1) is 23.0. The lowest BCUT2D eigenvalue weighted by Crippen LogP contribution is -2.43. The van der Waals surface area contributed by atoms with Crippen LogP contribution in [0.25, 0.3) is 0 Å². The summed E-state index contributed by atoms with van der Waals surface area (Å²) in [6.45, 7) is 3.83. The molecule has 32 heavy (non-hydrogen) atoms. The number of ether oxygens (including phenoxy) is 3. The molecule has 0 spiro atoms. The van der Waals surface area contributed by atoms with E-state index in [1.807, 2.05) is 29.2 Å². The fourth-order valence-corrected chi connectivity index (χ4v) is 3.57. The number of anilines is 2. The number of methoxy groups -OCH3 is 1. The van der Waals surface area contributed by atoms with Crippen molar-refractivity contribution in [2.24, 2.45) is 0 Å². The summed E-state index contributed by atoms with van der Waals surface area (Å²) in [7, 11) is 1.62. The number of carbonyl (C=O) groups is 1. The minimum Gasteiger partial charge on any atom is -0.497 e. The number of benzene rings is 1. The zero-order chi connectivity index (χ0) is 22.9. The van der Waals surface area contributed by atoms with Crippen LogP contribution in [-0.2, 0) is 16.0 Å². The smallest absolute Gasteiger partial charge is 0.341 e. The first-order valence-corrected chi connectivity index (χ1v) is 10.4. The van der Waals surface area contributed by atoms with Crippen LogP contribution in [0, 0.1) is 16.7 Å². The van der Waals surface area contributed by atoms with Crippen molar-refractivity contribution >= 4 is 23.7 Å². The number of carbonyl (C=O) groups excluding carboxylic acids is 1. The molecule has 2 N–H and O–H groups in total. The van der Waals surface area contributed by atoms with Crippen molar-refractivity contribution < 1.29 is 19.0 Å². The van der Waals surface area contributed by atoms with Crippen LogP contribution in [-0.4, -0.2) is 56.7 Å². The van der Waals surface area contributed by atoms with Crippen molar-refractivity contribution in [3.05, 3.63) is 47.2 Å². The van der Waals surface area contributed by atoms with Gasteiger partial charge < -0.3 is 29.8 Å². The molecule has 1 aliphatic rings. The summed E-state index contributed by atoms with van der Waals surface area (Å²) in [5.74, 6) is 0.762. The summed E-state index contributed by atoms with van der Waals surface area (Å²) in [6.07, 6.45) is 2.65. The highest BCUT2D eigenvalue weighted by Crippen LogP contribution is 2.31. The lowest BCUT2D eigenvalue weighted by Gasteiger charge is -2.35. The van der Waals surface area contributed by atoms with E-state index >= 15 is 0 Å². The molecule has 1 saturated heterocycles. The number of pyridine rings is 1. The topological polar surface area (TPSA) is 121 Å². The van der Waals surface area contributed by atoms with Crippen LogP contribution >= 0.6 is 0 Å². The molecule has 0 saturated carbocycles. The van der Waals surface area contributed by atoms with E-state index in [-0.39, 0.29) is 24.7 Å². The van der Waals surface area contributed by atoms with Gasteiger partial charge in [-0.2, -0.15) is 5.26 Å². The van der Waals surface area contributed by atoms with Crippen molar-refractivity contribution in [2.45, 2.75) is 26.0 Å². The minimum atomic E-state index is -0.497. The Labute approximate surface area is 187 Å². The van der Waals surface area contributed by atoms with Crippen LogP contribution in [0.1, 0.15) is 34.8 Å². The van der Waals surface area contributed by atoms with Gasteiger partial charge in [0, 0.05) is 32.0 Å². The third kappa shape index (κ3) is 5.34. The standard InChI is InChI=1S/C23H27N5O4/c1-3-31-23(29)20-14-27-22(26-13-16-4-6-17(30-2)7-5-16)19(12-25)21(20)28-10-11-32-18(15-28)8-9-24/h4-7,12,14,18,25H,3,8,10-11,13,15H2,1-2H3,(H,26,27)/t18-/m0/s1. The highest BCUT2D eigenvalue weighted by molar-refractivity contribution is 6.03. The second-order valence-electron chi connectivity index (χ2n) is 7.15. The molecule has 1 aromatic carbocycles. The monoisotopic (exact) mass is 437 g/mol. The number of nitrogens with zero attached hydrogens (tertiary/aromatic N) is 3. The molecule has 168 valence electrons. The molecule has 1 aromatic heterocycles. The molecular formula is C23H27N5O4. The van der Waals surface area contributed by atoms with E-state index in [4.69, 9.17) is 24.9 Å². The zero-order valence-corrected chi connectivity index (χ0v) is 18.3. The molecule has 0 amide bonds. The van der Waals surface area contributed by atoms with Gasteiger partial charge in [0.05, 0.1) is 50.2 Å². The fourth-order valence-electron chi connectivity index (χ4n) is 3.57. The highest BCUT2D eigenvalue weighted by atomic mass is 16.5. The summed E-state index contributed by atoms with van der Waals surface area (Å²) in [5.41, 5.74) is 2.36. The van der Waals surface area contributed by atoms with Crippen LogP contribution in [0.3, 0.4) is 0 Å². The van der Waals surface area contributed by atoms with Crippen molar-refractivity contribution in [3.63, 3.8) is 0 Å². The molecule has 2 heterocycles. The minimum absolute atomic E-state index is 0.232. The Balaban J connectivity index is 1.94. The normalized spacial score (nSPS) is 15.5. The number of nitrogens with one attached hydrogen (secondary N) is 2. The van der Waals surface area contributed by atoms with Gasteiger partial charge in [-0.15, -0.1) is 0 Å². The van der Waals surface area contributed by atoms with E-state index in [9.17, 15) is 4.79 Å². The van der Waals surface area contributed by atoms with Gasteiger partial charge in [0.1, 0.15) is 17.1 Å². The van der Waals surface area contributed by atoms with Gasteiger partial charge in [-0.05, 0) is 24.6 Å². The maximum absolute atomic E-state index is 12.7. The lowest BCUT2D eigenvalue weighted by molar-refractivity contribution is 0.0430. The summed E-state index contributed by atoms with van der Waals surface area (Å²) < 4.78 is 16.1. The zero-order valence-electron chi connectivity index (χ0n) is 18.3. The van der Waals surface area contributed by atoms with E-state index in [0.29, 0.717) is 43.3 Å². The van der Waals surface area contributed by atoms with E-state index in [0.717, 1.165) is 11.3 Å². The second kappa shape index (κ2) is 11.1. The van der Waals surface area contributed by atoms with Gasteiger partial charge in [-0.1, -0.05) is 12.1 Å². The molecule has 0 radical (unpaired) electrons. The maximum Gasteiger partial charge on any atom is 0.341 e. The third-order valence-corrected chi connectivity index (χ3v) is 5.12. The molecule has 2 aromatic rings. The summed E-state index contributed by atoms with van der Waals surface area (Å²) in [5, 5.41) is 20.4. The quantitative estimate of drug-likeness (QED) is 0.454. The molecule has 0 bridgehead atoms. The highest BCUT2D eigenvalue weighted by Gasteiger charge is 2.28. The van der Waals surface area contributed by atoms with Gasteiger partial charge in [0.25, 0.3) is 0 Å². The Morgan fingerprint density at radius 1 is 1.44 bits per heavy atom. The van der Waals surface area contributed by atoms with Crippen LogP contribution in [0.15, 0.2) is 30.5 Å². The molecule has 1 atom stereocenters. The van der Waals surface area contributed by atoms with Crippen LogP contribution < -0.4 is 15.0 Å². The van der Waals surface area contributed by atoms with Crippen LogP contribution in [0.2, 0.25) is 0 Å². The van der Waals surface area contributed by atoms with Gasteiger partial charge in [0.15, 0.2) is 0 Å². The lowest BCUT2D eigenvalue weighted by atomic mass is 10.1. The number of morpholine rings is 1. The third-order valence-electron chi connectivity index (χ3n) is 5.12. The van der Waals surface area contributed by atoms with Crippen LogP contribution in [0.5, 0.6) is 5.75 Å². The van der Waals surface area contributed by atoms with Gasteiger partial charge in [0.2, 0.25) is 0 Å². The van der Waals surface area contributed by atoms with E-state index < -0.39 is 5.97 Å². The second-order valence-corrected chi connectivity index (χ2v) is 7.15. The van der Waals surface area contributed by atoms with Crippen molar-refractivity contribution in [3.8, 4) is 11.8 Å². The average molecular weight is 438 g/mol. The molecule has 3 rings (SSSR count). The van der Waals surface area contributed by atoms with E-state index in [1.165, 1.54) is 12.4 Å². The predicted octanol–water partition coefficient (Wildman–Crippen LogP) is 3.00. The Kier molecular flexibility index (Phi) is 8.00. The Morgan fingerprint density at radius 2 is 2.22 bits per heavy atom. The first-order chi connectivity index (χ1) is 15.6. The molecule has 9 heteroatoms. The Morgan fingerprint density at radius 3 is 2.88 bits per heavy atom. The number of rotatable bonds is 9. The SMILES string of the molecule is CCOC(=O)c1cnc(NCc2ccc(OC)cc2)c(C=N)c1N1CCO[C@@H](CC#N)C1. The van der Waals surface area contributed by atoms with Crippen molar-refractivity contribution in [2.75, 3.05) is 43.6 Å². The van der Waals surface area contributed by atoms with Crippen LogP contribution in [0.4, 0.5) is 11.5 Å². The summed E-state index contributed by atoms with van der Waals surface area (Å²) >= 11 is 0. The molecule has 1 fully saturated rings. The number of hydrogen-bond acceptors (Lipinski definition) is 9. The fraction of sp³-hybridized carbons (Fsp3) is 0.391. The molecule has 1 aliphatic heterocycles. The van der Waals surface area contributed by atoms with Crippen molar-refractivity contribution in [1.29, 1.82) is 10.7 Å². The molecular weight excluding hydrogens is 410 g/mol. The molecule has 0 aliphatic carbocycles. The Hall–Kier alpha value is -3.64. The number of hydrogen-bond donors (Lipinski definition) is 2. The van der Waals surface area contributed by atoms with Gasteiger partial charge in [-0.3, -0.25) is 0 Å². The number of aromatic nitrogens is 1. The first-order valence-electron chi connectivity index (χ1n) is 10.4. The summed E-state index contributed by atoms with van der Waals surface area (Å²) in [6, 6.07) is 9.77. The van der Waals surface area contributed by atoms with Gasteiger partial charge in [-0.25, -0.2) is 9.78 Å². The van der Waals surface area contributed by atoms with E-state index in [2.05, 4.69) is 16.4 Å². The van der Waals surface area contributed by atoms with E-state index in [1.54, 1.807) is 14.0 Å².